The molecule has 2 atom stereocenters. The Morgan fingerprint density at radius 3 is 3.07 bits per heavy atom. The van der Waals surface area contributed by atoms with Crippen molar-refractivity contribution in [2.75, 3.05) is 17.3 Å². The number of rotatable bonds is 2. The fraction of sp³-hybridized carbons (Fsp3) is 0.583. The lowest BCUT2D eigenvalue weighted by atomic mass is 10.0. The molecule has 0 radical (unpaired) electrons. The summed E-state index contributed by atoms with van der Waals surface area (Å²) in [5.41, 5.74) is 2.33. The van der Waals surface area contributed by atoms with Gasteiger partial charge in [0.1, 0.15) is 0 Å². The highest BCUT2D eigenvalue weighted by Gasteiger charge is 2.30. The maximum Gasteiger partial charge on any atom is 0.0451 e. The van der Waals surface area contributed by atoms with Gasteiger partial charge in [-0.1, -0.05) is 6.92 Å². The normalized spacial score (nSPS) is 25.9. The van der Waals surface area contributed by atoms with E-state index in [0.29, 0.717) is 17.8 Å². The fourth-order valence-corrected chi connectivity index (χ4v) is 2.74. The van der Waals surface area contributed by atoms with E-state index in [1.165, 1.54) is 12.1 Å². The number of halogens is 1. The molecule has 3 heteroatoms. The molecule has 1 aliphatic heterocycles. The maximum atomic E-state index is 6.03. The molecule has 2 heterocycles. The number of pyridine rings is 1. The summed E-state index contributed by atoms with van der Waals surface area (Å²) in [5.74, 6) is 1.40. The highest BCUT2D eigenvalue weighted by molar-refractivity contribution is 6.18. The van der Waals surface area contributed by atoms with E-state index in [9.17, 15) is 0 Å². The van der Waals surface area contributed by atoms with E-state index in [0.717, 1.165) is 12.2 Å². The van der Waals surface area contributed by atoms with Gasteiger partial charge in [0.15, 0.2) is 0 Å². The standard InChI is InChI=1S/C12H17ClN2/c1-9-4-6-15(12(9)8-13)11-3-5-14-10(2)7-11/h3,5,7,9,12H,4,6,8H2,1-2H3. The molecule has 0 bridgehead atoms. The number of nitrogens with zero attached hydrogens (tertiary/aromatic N) is 2. The maximum absolute atomic E-state index is 6.03. The minimum absolute atomic E-state index is 0.480. The average molecular weight is 225 g/mol. The van der Waals surface area contributed by atoms with Gasteiger partial charge in [-0.25, -0.2) is 0 Å². The van der Waals surface area contributed by atoms with Crippen LogP contribution in [0.25, 0.3) is 0 Å². The first-order chi connectivity index (χ1) is 7.22. The molecule has 2 rings (SSSR count). The molecular formula is C12H17ClN2. The summed E-state index contributed by atoms with van der Waals surface area (Å²) in [6.45, 7) is 5.42. The van der Waals surface area contributed by atoms with E-state index in [2.05, 4.69) is 28.9 Å². The van der Waals surface area contributed by atoms with Gasteiger partial charge in [-0.15, -0.1) is 11.6 Å². The van der Waals surface area contributed by atoms with Crippen LogP contribution in [0, 0.1) is 12.8 Å². The van der Waals surface area contributed by atoms with Crippen LogP contribution in [0.5, 0.6) is 0 Å². The lowest BCUT2D eigenvalue weighted by Crippen LogP contribution is -2.33. The van der Waals surface area contributed by atoms with Crippen molar-refractivity contribution >= 4 is 17.3 Å². The van der Waals surface area contributed by atoms with Crippen LogP contribution in [0.2, 0.25) is 0 Å². The zero-order chi connectivity index (χ0) is 10.8. The first-order valence-electron chi connectivity index (χ1n) is 5.47. The van der Waals surface area contributed by atoms with E-state index in [1.807, 2.05) is 13.1 Å². The summed E-state index contributed by atoms with van der Waals surface area (Å²) >= 11 is 6.03. The van der Waals surface area contributed by atoms with Crippen molar-refractivity contribution in [3.63, 3.8) is 0 Å². The summed E-state index contributed by atoms with van der Waals surface area (Å²) in [6, 6.07) is 4.69. The third kappa shape index (κ3) is 2.10. The Morgan fingerprint density at radius 1 is 1.60 bits per heavy atom. The molecule has 0 aliphatic carbocycles. The molecule has 0 spiro atoms. The monoisotopic (exact) mass is 224 g/mol. The number of aryl methyl sites for hydroxylation is 1. The molecule has 0 amide bonds. The summed E-state index contributed by atoms with van der Waals surface area (Å²) in [5, 5.41) is 0. The van der Waals surface area contributed by atoms with E-state index < -0.39 is 0 Å². The van der Waals surface area contributed by atoms with Crippen LogP contribution < -0.4 is 4.90 Å². The third-order valence-electron chi connectivity index (χ3n) is 3.25. The second kappa shape index (κ2) is 4.40. The van der Waals surface area contributed by atoms with Crippen LogP contribution in [0.3, 0.4) is 0 Å². The lowest BCUT2D eigenvalue weighted by molar-refractivity contribution is 0.550. The van der Waals surface area contributed by atoms with Gasteiger partial charge in [-0.2, -0.15) is 0 Å². The zero-order valence-corrected chi connectivity index (χ0v) is 10.0. The number of alkyl halides is 1. The Kier molecular flexibility index (Phi) is 3.15. The highest BCUT2D eigenvalue weighted by atomic mass is 35.5. The van der Waals surface area contributed by atoms with Crippen LogP contribution in [-0.4, -0.2) is 23.5 Å². The number of hydrogen-bond donors (Lipinski definition) is 0. The summed E-state index contributed by atoms with van der Waals surface area (Å²) < 4.78 is 0. The molecule has 2 unspecified atom stereocenters. The van der Waals surface area contributed by atoms with Crippen LogP contribution >= 0.6 is 11.6 Å². The predicted octanol–water partition coefficient (Wildman–Crippen LogP) is 2.84. The van der Waals surface area contributed by atoms with Crippen molar-refractivity contribution in [3.8, 4) is 0 Å². The molecule has 1 aliphatic rings. The quantitative estimate of drug-likeness (QED) is 0.719. The summed E-state index contributed by atoms with van der Waals surface area (Å²) in [7, 11) is 0. The predicted molar refractivity (Wildman–Crippen MR) is 64.6 cm³/mol. The smallest absolute Gasteiger partial charge is 0.0451 e. The van der Waals surface area contributed by atoms with Crippen molar-refractivity contribution in [1.29, 1.82) is 0 Å². The van der Waals surface area contributed by atoms with Crippen molar-refractivity contribution in [2.24, 2.45) is 5.92 Å². The van der Waals surface area contributed by atoms with Gasteiger partial charge in [-0.05, 0) is 31.4 Å². The Labute approximate surface area is 96.3 Å². The number of aromatic nitrogens is 1. The Morgan fingerprint density at radius 2 is 2.40 bits per heavy atom. The summed E-state index contributed by atoms with van der Waals surface area (Å²) in [6.07, 6.45) is 3.11. The SMILES string of the molecule is Cc1cc(N2CCC(C)C2CCl)ccn1. The van der Waals surface area contributed by atoms with Crippen LogP contribution in [0.1, 0.15) is 19.0 Å². The molecule has 2 nitrogen and oxygen atoms in total. The Hall–Kier alpha value is -0.760. The van der Waals surface area contributed by atoms with E-state index in [4.69, 9.17) is 11.6 Å². The second-order valence-corrected chi connectivity index (χ2v) is 4.65. The third-order valence-corrected chi connectivity index (χ3v) is 3.57. The minimum Gasteiger partial charge on any atom is -0.367 e. The fourth-order valence-electron chi connectivity index (χ4n) is 2.27. The van der Waals surface area contributed by atoms with Gasteiger partial charge in [0.2, 0.25) is 0 Å². The topological polar surface area (TPSA) is 16.1 Å². The van der Waals surface area contributed by atoms with Crippen molar-refractivity contribution in [3.05, 3.63) is 24.0 Å². The largest absolute Gasteiger partial charge is 0.367 e. The van der Waals surface area contributed by atoms with Gasteiger partial charge in [-0.3, -0.25) is 4.98 Å². The Bertz CT molecular complexity index is 340. The zero-order valence-electron chi connectivity index (χ0n) is 9.28. The molecule has 1 aromatic heterocycles. The van der Waals surface area contributed by atoms with E-state index >= 15 is 0 Å². The van der Waals surface area contributed by atoms with Crippen LogP contribution in [0.4, 0.5) is 5.69 Å². The highest BCUT2D eigenvalue weighted by Crippen LogP contribution is 2.30. The van der Waals surface area contributed by atoms with E-state index in [-0.39, 0.29) is 0 Å². The van der Waals surface area contributed by atoms with Gasteiger partial charge >= 0.3 is 0 Å². The van der Waals surface area contributed by atoms with E-state index in [1.54, 1.807) is 0 Å². The molecule has 15 heavy (non-hydrogen) atoms. The second-order valence-electron chi connectivity index (χ2n) is 4.34. The van der Waals surface area contributed by atoms with Crippen molar-refractivity contribution in [2.45, 2.75) is 26.3 Å². The minimum atomic E-state index is 0.480. The van der Waals surface area contributed by atoms with Crippen molar-refractivity contribution < 1.29 is 0 Å². The lowest BCUT2D eigenvalue weighted by Gasteiger charge is -2.27. The molecule has 1 aromatic rings. The molecular weight excluding hydrogens is 208 g/mol. The number of hydrogen-bond acceptors (Lipinski definition) is 2. The summed E-state index contributed by atoms with van der Waals surface area (Å²) in [4.78, 5) is 6.63. The molecule has 0 saturated carbocycles. The molecule has 0 aromatic carbocycles. The first kappa shape index (κ1) is 10.7. The molecule has 1 saturated heterocycles. The van der Waals surface area contributed by atoms with Crippen LogP contribution in [-0.2, 0) is 0 Å². The number of anilines is 1. The van der Waals surface area contributed by atoms with Gasteiger partial charge < -0.3 is 4.90 Å². The van der Waals surface area contributed by atoms with Gasteiger partial charge in [0.25, 0.3) is 0 Å². The Balaban J connectivity index is 2.23. The molecule has 82 valence electrons. The van der Waals surface area contributed by atoms with Gasteiger partial charge in [0.05, 0.1) is 0 Å². The first-order valence-corrected chi connectivity index (χ1v) is 6.01. The van der Waals surface area contributed by atoms with Crippen molar-refractivity contribution in [1.82, 2.24) is 4.98 Å². The van der Waals surface area contributed by atoms with Gasteiger partial charge in [0, 0.05) is 36.0 Å². The average Bonchev–Trinajstić information content (AvgIpc) is 2.59. The molecule has 0 N–H and O–H groups in total. The molecule has 1 fully saturated rings. The van der Waals surface area contributed by atoms with Crippen LogP contribution in [0.15, 0.2) is 18.3 Å².